The Balaban J connectivity index is 2.02. The Kier molecular flexibility index (Phi) is 3.33. The first-order valence-electron chi connectivity index (χ1n) is 7.51. The van der Waals surface area contributed by atoms with Gasteiger partial charge in [0, 0.05) is 23.9 Å². The van der Waals surface area contributed by atoms with Crippen molar-refractivity contribution < 1.29 is 19.6 Å². The SMILES string of the molecule is O=C1c2nc(O)ccc2C(=O)c2c(-c3ccccc3[N+](=O)[O-])ccnc21. The Morgan fingerprint density at radius 1 is 0.885 bits per heavy atom. The molecule has 0 saturated carbocycles. The van der Waals surface area contributed by atoms with Gasteiger partial charge in [0.2, 0.25) is 11.7 Å². The molecule has 0 atom stereocenters. The van der Waals surface area contributed by atoms with Gasteiger partial charge in [-0.05, 0) is 18.2 Å². The number of carbonyl (C=O) groups excluding carboxylic acids is 2. The van der Waals surface area contributed by atoms with Crippen LogP contribution in [0.25, 0.3) is 11.1 Å². The number of nitro benzene ring substituents is 1. The van der Waals surface area contributed by atoms with E-state index in [1.54, 1.807) is 6.07 Å². The Morgan fingerprint density at radius 2 is 1.65 bits per heavy atom. The minimum Gasteiger partial charge on any atom is -0.493 e. The van der Waals surface area contributed by atoms with Crippen molar-refractivity contribution in [2.24, 2.45) is 0 Å². The molecule has 0 fully saturated rings. The lowest BCUT2D eigenvalue weighted by atomic mass is 9.85. The average molecular weight is 347 g/mol. The number of aromatic nitrogens is 2. The van der Waals surface area contributed by atoms with E-state index in [4.69, 9.17) is 0 Å². The molecule has 0 bridgehead atoms. The van der Waals surface area contributed by atoms with Gasteiger partial charge in [-0.1, -0.05) is 12.1 Å². The van der Waals surface area contributed by atoms with Crippen LogP contribution in [0.2, 0.25) is 0 Å². The van der Waals surface area contributed by atoms with Gasteiger partial charge >= 0.3 is 0 Å². The zero-order valence-corrected chi connectivity index (χ0v) is 13.0. The summed E-state index contributed by atoms with van der Waals surface area (Å²) in [4.78, 5) is 44.1. The van der Waals surface area contributed by atoms with Gasteiger partial charge in [0.05, 0.1) is 21.6 Å². The number of carbonyl (C=O) groups is 2. The van der Waals surface area contributed by atoms with E-state index in [9.17, 15) is 24.8 Å². The molecule has 26 heavy (non-hydrogen) atoms. The number of fused-ring (bicyclic) bond motifs is 2. The minimum atomic E-state index is -0.620. The van der Waals surface area contributed by atoms with Crippen LogP contribution >= 0.6 is 0 Å². The van der Waals surface area contributed by atoms with Gasteiger partial charge < -0.3 is 5.11 Å². The number of nitro groups is 1. The summed E-state index contributed by atoms with van der Waals surface area (Å²) >= 11 is 0. The summed E-state index contributed by atoms with van der Waals surface area (Å²) in [7, 11) is 0. The molecule has 1 aliphatic rings. The van der Waals surface area contributed by atoms with Gasteiger partial charge in [-0.3, -0.25) is 24.7 Å². The van der Waals surface area contributed by atoms with Gasteiger partial charge in [0.1, 0.15) is 11.4 Å². The third-order valence-electron chi connectivity index (χ3n) is 4.12. The Morgan fingerprint density at radius 3 is 2.42 bits per heavy atom. The summed E-state index contributed by atoms with van der Waals surface area (Å²) in [5, 5.41) is 20.8. The second-order valence-corrected chi connectivity index (χ2v) is 5.58. The van der Waals surface area contributed by atoms with Gasteiger partial charge in [-0.2, -0.15) is 0 Å². The fraction of sp³-hybridized carbons (Fsp3) is 0. The Labute approximate surface area is 145 Å². The molecule has 8 heteroatoms. The molecule has 126 valence electrons. The van der Waals surface area contributed by atoms with Crippen LogP contribution in [-0.2, 0) is 0 Å². The molecule has 4 rings (SSSR count). The summed E-state index contributed by atoms with van der Waals surface area (Å²) in [5.41, 5.74) is -0.0338. The number of hydrogen-bond acceptors (Lipinski definition) is 7. The van der Waals surface area contributed by atoms with E-state index in [1.165, 1.54) is 42.6 Å². The Bertz CT molecular complexity index is 1120. The van der Waals surface area contributed by atoms with Crippen molar-refractivity contribution in [1.29, 1.82) is 0 Å². The number of aromatic hydroxyl groups is 1. The lowest BCUT2D eigenvalue weighted by Crippen LogP contribution is -2.24. The lowest BCUT2D eigenvalue weighted by molar-refractivity contribution is -0.384. The monoisotopic (exact) mass is 347 g/mol. The number of ketones is 2. The summed E-state index contributed by atoms with van der Waals surface area (Å²) in [6.07, 6.45) is 1.31. The summed E-state index contributed by atoms with van der Waals surface area (Å²) in [6, 6.07) is 9.93. The van der Waals surface area contributed by atoms with E-state index >= 15 is 0 Å². The van der Waals surface area contributed by atoms with E-state index in [2.05, 4.69) is 9.97 Å². The highest BCUT2D eigenvalue weighted by Crippen LogP contribution is 2.37. The number of rotatable bonds is 2. The summed E-state index contributed by atoms with van der Waals surface area (Å²) < 4.78 is 0. The highest BCUT2D eigenvalue weighted by atomic mass is 16.6. The van der Waals surface area contributed by atoms with Crippen molar-refractivity contribution in [3.8, 4) is 17.0 Å². The topological polar surface area (TPSA) is 123 Å². The fourth-order valence-electron chi connectivity index (χ4n) is 3.00. The molecule has 1 N–H and O–H groups in total. The highest BCUT2D eigenvalue weighted by Gasteiger charge is 2.35. The van der Waals surface area contributed by atoms with Crippen LogP contribution in [0.1, 0.15) is 32.1 Å². The van der Waals surface area contributed by atoms with E-state index in [-0.39, 0.29) is 45.2 Å². The predicted molar refractivity (Wildman–Crippen MR) is 89.1 cm³/mol. The average Bonchev–Trinajstić information content (AvgIpc) is 2.65. The second kappa shape index (κ2) is 5.55. The van der Waals surface area contributed by atoms with Crippen molar-refractivity contribution in [3.63, 3.8) is 0 Å². The van der Waals surface area contributed by atoms with Gasteiger partial charge in [-0.15, -0.1) is 0 Å². The molecule has 2 aromatic heterocycles. The molecule has 0 saturated heterocycles. The lowest BCUT2D eigenvalue weighted by Gasteiger charge is -2.18. The van der Waals surface area contributed by atoms with Gasteiger partial charge in [0.15, 0.2) is 5.78 Å². The first kappa shape index (κ1) is 15.6. The number of nitrogens with zero attached hydrogens (tertiary/aromatic N) is 3. The molecule has 3 aromatic rings. The van der Waals surface area contributed by atoms with Gasteiger partial charge in [0.25, 0.3) is 5.69 Å². The molecule has 1 aromatic carbocycles. The highest BCUT2D eigenvalue weighted by molar-refractivity contribution is 6.29. The number of hydrogen-bond donors (Lipinski definition) is 1. The first-order chi connectivity index (χ1) is 12.5. The van der Waals surface area contributed by atoms with Crippen LogP contribution in [-0.4, -0.2) is 31.6 Å². The number of pyridine rings is 2. The second-order valence-electron chi connectivity index (χ2n) is 5.58. The maximum absolute atomic E-state index is 13.0. The standard InChI is InChI=1S/C18H9N3O5/c22-13-6-5-11-15(20-13)18(24)16-14(17(11)23)10(7-8-19-16)9-3-1-2-4-12(9)21(25)26/h1-8H,(H,20,22). The molecule has 0 unspecified atom stereocenters. The predicted octanol–water partition coefficient (Wildman–Crippen LogP) is 2.53. The van der Waals surface area contributed by atoms with Crippen molar-refractivity contribution in [3.05, 3.63) is 81.3 Å². The smallest absolute Gasteiger partial charge is 0.277 e. The van der Waals surface area contributed by atoms with Crippen LogP contribution in [0.3, 0.4) is 0 Å². The van der Waals surface area contributed by atoms with E-state index in [0.29, 0.717) is 0 Å². The zero-order valence-electron chi connectivity index (χ0n) is 13.0. The van der Waals surface area contributed by atoms with Crippen molar-refractivity contribution >= 4 is 17.3 Å². The minimum absolute atomic E-state index is 0.00760. The van der Waals surface area contributed by atoms with Crippen LogP contribution in [0.15, 0.2) is 48.7 Å². The maximum Gasteiger partial charge on any atom is 0.277 e. The van der Waals surface area contributed by atoms with Crippen LogP contribution in [0, 0.1) is 10.1 Å². The molecule has 0 radical (unpaired) electrons. The molecule has 0 spiro atoms. The summed E-state index contributed by atoms with van der Waals surface area (Å²) in [5.74, 6) is -1.53. The molecule has 0 aliphatic heterocycles. The van der Waals surface area contributed by atoms with Gasteiger partial charge in [-0.25, -0.2) is 4.98 Å². The van der Waals surface area contributed by atoms with Crippen molar-refractivity contribution in [2.75, 3.05) is 0 Å². The Hall–Kier alpha value is -3.94. The van der Waals surface area contributed by atoms with Crippen LogP contribution < -0.4 is 0 Å². The quantitative estimate of drug-likeness (QED) is 0.436. The number of benzene rings is 1. The third kappa shape index (κ3) is 2.16. The molecule has 2 heterocycles. The van der Waals surface area contributed by atoms with Crippen molar-refractivity contribution in [1.82, 2.24) is 9.97 Å². The molecule has 1 aliphatic carbocycles. The normalized spacial score (nSPS) is 12.5. The maximum atomic E-state index is 13.0. The summed E-state index contributed by atoms with van der Waals surface area (Å²) in [6.45, 7) is 0. The van der Waals surface area contributed by atoms with E-state index < -0.39 is 16.5 Å². The number of para-hydroxylation sites is 1. The largest absolute Gasteiger partial charge is 0.493 e. The van der Waals surface area contributed by atoms with E-state index in [1.807, 2.05) is 0 Å². The molecule has 8 nitrogen and oxygen atoms in total. The van der Waals surface area contributed by atoms with Crippen LogP contribution in [0.4, 0.5) is 5.69 Å². The third-order valence-corrected chi connectivity index (χ3v) is 4.12. The molecular formula is C18H9N3O5. The van der Waals surface area contributed by atoms with E-state index in [0.717, 1.165) is 0 Å². The fourth-order valence-corrected chi connectivity index (χ4v) is 3.00. The molecular weight excluding hydrogens is 338 g/mol. The van der Waals surface area contributed by atoms with Crippen molar-refractivity contribution in [2.45, 2.75) is 0 Å². The molecule has 0 amide bonds. The van der Waals surface area contributed by atoms with Crippen LogP contribution in [0.5, 0.6) is 5.88 Å². The zero-order chi connectivity index (χ0) is 18.4. The first-order valence-corrected chi connectivity index (χ1v) is 7.51.